The summed E-state index contributed by atoms with van der Waals surface area (Å²) in [7, 11) is 3.87. The van der Waals surface area contributed by atoms with Crippen molar-refractivity contribution in [2.45, 2.75) is 25.6 Å². The number of urea groups is 2. The summed E-state index contributed by atoms with van der Waals surface area (Å²) >= 11 is 12.0. The molecule has 13 heteroatoms. The Morgan fingerprint density at radius 3 is 2.12 bits per heavy atom. The number of anilines is 3. The van der Waals surface area contributed by atoms with Crippen LogP contribution in [0.5, 0.6) is 0 Å². The molecule has 5 amide bonds. The van der Waals surface area contributed by atoms with Gasteiger partial charge in [-0.2, -0.15) is 10.2 Å². The van der Waals surface area contributed by atoms with E-state index in [9.17, 15) is 19.6 Å². The van der Waals surface area contributed by atoms with E-state index in [4.69, 9.17) is 23.2 Å². The first kappa shape index (κ1) is 30.6. The van der Waals surface area contributed by atoms with Crippen LogP contribution >= 0.6 is 23.2 Å². The van der Waals surface area contributed by atoms with Crippen molar-refractivity contribution in [1.29, 1.82) is 0 Å². The Labute approximate surface area is 253 Å². The maximum atomic E-state index is 13.8. The lowest BCUT2D eigenvalue weighted by molar-refractivity contribution is -0.124. The predicted molar refractivity (Wildman–Crippen MR) is 165 cm³/mol. The number of nitrogens with one attached hydrogen (secondary N) is 2. The first-order valence-corrected chi connectivity index (χ1v) is 13.6. The number of nitrogens with zero attached hydrogens (tertiary/aromatic N) is 5. The molecule has 0 spiro atoms. The van der Waals surface area contributed by atoms with Gasteiger partial charge in [0, 0.05) is 41.2 Å². The second-order valence-corrected chi connectivity index (χ2v) is 11.2. The highest BCUT2D eigenvalue weighted by atomic mass is 35.5. The van der Waals surface area contributed by atoms with E-state index in [0.29, 0.717) is 26.5 Å². The summed E-state index contributed by atoms with van der Waals surface area (Å²) in [5.74, 6) is -0.565. The van der Waals surface area contributed by atoms with Crippen molar-refractivity contribution in [3.8, 4) is 0 Å². The van der Waals surface area contributed by atoms with Crippen LogP contribution in [0.4, 0.5) is 26.7 Å². The van der Waals surface area contributed by atoms with Crippen molar-refractivity contribution < 1.29 is 19.6 Å². The van der Waals surface area contributed by atoms with Gasteiger partial charge in [-0.15, -0.1) is 0 Å². The molecule has 1 fully saturated rings. The molecule has 1 aliphatic rings. The molecule has 1 heterocycles. The molecule has 3 aromatic carbocycles. The number of hydrazone groups is 1. The van der Waals surface area contributed by atoms with E-state index in [1.165, 1.54) is 16.0 Å². The first-order valence-electron chi connectivity index (χ1n) is 12.9. The van der Waals surface area contributed by atoms with Gasteiger partial charge < -0.3 is 15.1 Å². The number of halogens is 2. The van der Waals surface area contributed by atoms with E-state index in [0.717, 1.165) is 11.3 Å². The topological polar surface area (TPSA) is 121 Å². The van der Waals surface area contributed by atoms with Crippen LogP contribution in [0.2, 0.25) is 10.0 Å². The zero-order valence-corrected chi connectivity index (χ0v) is 25.0. The van der Waals surface area contributed by atoms with Gasteiger partial charge in [-0.25, -0.2) is 15.0 Å². The molecule has 3 aromatic rings. The Morgan fingerprint density at radius 1 is 0.976 bits per heavy atom. The number of benzene rings is 3. The highest BCUT2D eigenvalue weighted by Crippen LogP contribution is 2.38. The largest absolute Gasteiger partial charge is 0.378 e. The first-order chi connectivity index (χ1) is 19.9. The van der Waals surface area contributed by atoms with E-state index in [1.807, 2.05) is 43.3 Å². The summed E-state index contributed by atoms with van der Waals surface area (Å²) in [5.41, 5.74) is 3.74. The third-order valence-corrected chi connectivity index (χ3v) is 7.27. The number of hydrogen-bond donors (Lipinski definition) is 3. The molecule has 1 saturated heterocycles. The number of carbonyl (C=O) groups excluding carboxylic acids is 3. The Hall–Kier alpha value is -4.32. The van der Waals surface area contributed by atoms with Crippen LogP contribution < -0.4 is 20.5 Å². The van der Waals surface area contributed by atoms with Gasteiger partial charge in [0.2, 0.25) is 0 Å². The number of rotatable bonds is 8. The van der Waals surface area contributed by atoms with Gasteiger partial charge in [0.1, 0.15) is 6.54 Å². The highest BCUT2D eigenvalue weighted by Gasteiger charge is 2.56. The molecule has 1 unspecified atom stereocenters. The molecule has 42 heavy (non-hydrogen) atoms. The van der Waals surface area contributed by atoms with Crippen LogP contribution in [-0.4, -0.2) is 71.7 Å². The van der Waals surface area contributed by atoms with Crippen molar-refractivity contribution >= 4 is 64.4 Å². The Kier molecular flexibility index (Phi) is 9.25. The minimum absolute atomic E-state index is 0.364. The average Bonchev–Trinajstić information content (AvgIpc) is 3.14. The standard InChI is InChI=1S/C29H31Cl2N7O4/c1-29(2)26(38(42)27(40)33-22-11-7-20(30)8-12-22)37(24-15-9-21(31)10-16-24)28(41)36(29)18-25(39)34-32-17-19-5-13-23(14-6-19)35(3)4/h5-17,26,42H,18H2,1-4H3,(H,33,40)(H,34,39). The summed E-state index contributed by atoms with van der Waals surface area (Å²) in [6.07, 6.45) is 0.262. The van der Waals surface area contributed by atoms with E-state index in [2.05, 4.69) is 15.8 Å². The molecule has 3 N–H and O–H groups in total. The SMILES string of the molecule is CN(C)c1ccc(C=NNC(=O)CN2C(=O)N(c3ccc(Cl)cc3)C(N(O)C(=O)Nc3ccc(Cl)cc3)C2(C)C)cc1. The summed E-state index contributed by atoms with van der Waals surface area (Å²) in [6.45, 7) is 2.90. The summed E-state index contributed by atoms with van der Waals surface area (Å²) in [4.78, 5) is 44.3. The molecule has 4 rings (SSSR count). The van der Waals surface area contributed by atoms with Crippen molar-refractivity contribution in [2.75, 3.05) is 35.8 Å². The van der Waals surface area contributed by atoms with Gasteiger partial charge in [0.05, 0.1) is 11.8 Å². The third-order valence-electron chi connectivity index (χ3n) is 6.76. The van der Waals surface area contributed by atoms with E-state index >= 15 is 0 Å². The van der Waals surface area contributed by atoms with Gasteiger partial charge >= 0.3 is 12.1 Å². The Bertz CT molecular complexity index is 1460. The molecule has 220 valence electrons. The zero-order valence-electron chi connectivity index (χ0n) is 23.5. The zero-order chi connectivity index (χ0) is 30.6. The lowest BCUT2D eigenvalue weighted by atomic mass is 9.99. The van der Waals surface area contributed by atoms with Crippen LogP contribution in [0.3, 0.4) is 0 Å². The van der Waals surface area contributed by atoms with Gasteiger partial charge in [0.15, 0.2) is 6.17 Å². The van der Waals surface area contributed by atoms with E-state index < -0.39 is 36.2 Å². The average molecular weight is 613 g/mol. The molecule has 0 radical (unpaired) electrons. The molecular weight excluding hydrogens is 581 g/mol. The Morgan fingerprint density at radius 2 is 1.55 bits per heavy atom. The molecule has 11 nitrogen and oxygen atoms in total. The molecule has 1 atom stereocenters. The van der Waals surface area contributed by atoms with Crippen molar-refractivity contribution in [3.63, 3.8) is 0 Å². The fraction of sp³-hybridized carbons (Fsp3) is 0.241. The number of carbonyl (C=O) groups is 3. The fourth-order valence-electron chi connectivity index (χ4n) is 4.51. The highest BCUT2D eigenvalue weighted by molar-refractivity contribution is 6.31. The molecule has 0 aliphatic carbocycles. The number of hydrogen-bond acceptors (Lipinski definition) is 6. The lowest BCUT2D eigenvalue weighted by Crippen LogP contribution is -2.58. The summed E-state index contributed by atoms with van der Waals surface area (Å²) < 4.78 is 0. The van der Waals surface area contributed by atoms with Gasteiger partial charge in [-0.3, -0.25) is 14.9 Å². The van der Waals surface area contributed by atoms with Crippen molar-refractivity contribution in [1.82, 2.24) is 15.4 Å². The van der Waals surface area contributed by atoms with Crippen LogP contribution in [-0.2, 0) is 4.79 Å². The molecular formula is C29H31Cl2N7O4. The van der Waals surface area contributed by atoms with Crippen LogP contribution in [0.1, 0.15) is 19.4 Å². The summed E-state index contributed by atoms with van der Waals surface area (Å²) in [5, 5.41) is 19.1. The quantitative estimate of drug-likeness (QED) is 0.177. The second kappa shape index (κ2) is 12.7. The monoisotopic (exact) mass is 611 g/mol. The van der Waals surface area contributed by atoms with Crippen LogP contribution in [0, 0.1) is 0 Å². The normalized spacial score (nSPS) is 16.1. The Balaban J connectivity index is 1.54. The molecule has 1 aliphatic heterocycles. The minimum atomic E-state index is -1.24. The molecule has 0 bridgehead atoms. The lowest BCUT2D eigenvalue weighted by Gasteiger charge is -2.38. The second-order valence-electron chi connectivity index (χ2n) is 10.3. The smallest absolute Gasteiger partial charge is 0.347 e. The van der Waals surface area contributed by atoms with E-state index in [-0.39, 0.29) is 0 Å². The predicted octanol–water partition coefficient (Wildman–Crippen LogP) is 5.48. The van der Waals surface area contributed by atoms with Gasteiger partial charge in [-0.05, 0) is 80.1 Å². The minimum Gasteiger partial charge on any atom is -0.378 e. The van der Waals surface area contributed by atoms with Crippen molar-refractivity contribution in [3.05, 3.63) is 88.4 Å². The third kappa shape index (κ3) is 6.76. The molecule has 0 aromatic heterocycles. The van der Waals surface area contributed by atoms with Crippen LogP contribution in [0.15, 0.2) is 77.9 Å². The van der Waals surface area contributed by atoms with Crippen LogP contribution in [0.25, 0.3) is 0 Å². The van der Waals surface area contributed by atoms with Gasteiger partial charge in [-0.1, -0.05) is 35.3 Å². The fourth-order valence-corrected chi connectivity index (χ4v) is 4.76. The summed E-state index contributed by atoms with van der Waals surface area (Å²) in [6, 6.07) is 18.7. The maximum Gasteiger partial charge on any atom is 0.347 e. The van der Waals surface area contributed by atoms with Crippen molar-refractivity contribution in [2.24, 2.45) is 5.10 Å². The number of hydroxylamine groups is 2. The number of amides is 5. The maximum absolute atomic E-state index is 13.8. The van der Waals surface area contributed by atoms with E-state index in [1.54, 1.807) is 62.4 Å². The molecule has 0 saturated carbocycles. The van der Waals surface area contributed by atoms with Gasteiger partial charge in [0.25, 0.3) is 5.91 Å².